The van der Waals surface area contributed by atoms with Gasteiger partial charge in [-0.25, -0.2) is 4.79 Å². The van der Waals surface area contributed by atoms with Gasteiger partial charge in [-0.1, -0.05) is 11.6 Å². The minimum absolute atomic E-state index is 0.143. The van der Waals surface area contributed by atoms with Crippen molar-refractivity contribution >= 4 is 23.3 Å². The molecule has 0 unspecified atom stereocenters. The molecule has 1 N–H and O–H groups in total. The van der Waals surface area contributed by atoms with E-state index in [0.717, 1.165) is 19.4 Å². The molecule has 1 fully saturated rings. The summed E-state index contributed by atoms with van der Waals surface area (Å²) in [7, 11) is 1.76. The Labute approximate surface area is 130 Å². The van der Waals surface area contributed by atoms with Gasteiger partial charge in [-0.15, -0.1) is 0 Å². The zero-order valence-electron chi connectivity index (χ0n) is 12.4. The number of likely N-dealkylation sites (N-methyl/N-ethyl adjacent to an activating group) is 1. The summed E-state index contributed by atoms with van der Waals surface area (Å²) in [5.74, 6) is 0.616. The zero-order chi connectivity index (χ0) is 15.2. The Bertz CT molecular complexity index is 490. The summed E-state index contributed by atoms with van der Waals surface area (Å²) in [6.45, 7) is 3.83. The lowest BCUT2D eigenvalue weighted by atomic mass is 10.2. The monoisotopic (exact) mass is 312 g/mol. The van der Waals surface area contributed by atoms with E-state index in [1.54, 1.807) is 30.1 Å². The maximum absolute atomic E-state index is 12.1. The normalized spacial score (nSPS) is 17.6. The lowest BCUT2D eigenvalue weighted by Crippen LogP contribution is -2.37. The van der Waals surface area contributed by atoms with Crippen molar-refractivity contribution in [1.29, 1.82) is 0 Å². The van der Waals surface area contributed by atoms with Crippen molar-refractivity contribution in [2.24, 2.45) is 0 Å². The molecule has 2 amide bonds. The van der Waals surface area contributed by atoms with Crippen molar-refractivity contribution in [2.45, 2.75) is 25.9 Å². The molecule has 0 radical (unpaired) electrons. The number of amides is 2. The first-order valence-electron chi connectivity index (χ1n) is 7.16. The van der Waals surface area contributed by atoms with Crippen LogP contribution >= 0.6 is 11.6 Å². The van der Waals surface area contributed by atoms with Gasteiger partial charge in [-0.2, -0.15) is 0 Å². The largest absolute Gasteiger partial charge is 0.492 e. The van der Waals surface area contributed by atoms with Crippen LogP contribution in [-0.4, -0.2) is 43.8 Å². The average molecular weight is 313 g/mol. The number of nitrogens with zero attached hydrogens (tertiary/aromatic N) is 1. The van der Waals surface area contributed by atoms with E-state index < -0.39 is 0 Å². The second-order valence-corrected chi connectivity index (χ2v) is 5.43. The quantitative estimate of drug-likeness (QED) is 0.906. The van der Waals surface area contributed by atoms with Gasteiger partial charge in [0, 0.05) is 25.9 Å². The molecular formula is C15H21ClN2O3. The lowest BCUT2D eigenvalue weighted by molar-refractivity contribution is 0.0894. The molecule has 0 aliphatic carbocycles. The third kappa shape index (κ3) is 4.51. The van der Waals surface area contributed by atoms with E-state index in [2.05, 4.69) is 5.32 Å². The molecule has 1 aromatic carbocycles. The van der Waals surface area contributed by atoms with E-state index in [4.69, 9.17) is 21.1 Å². The van der Waals surface area contributed by atoms with Crippen LogP contribution in [0.1, 0.15) is 19.8 Å². The first kappa shape index (κ1) is 15.9. The summed E-state index contributed by atoms with van der Waals surface area (Å²) in [5, 5.41) is 3.30. The third-order valence-corrected chi connectivity index (χ3v) is 3.63. The van der Waals surface area contributed by atoms with Crippen LogP contribution in [-0.2, 0) is 4.74 Å². The lowest BCUT2D eigenvalue weighted by Gasteiger charge is -2.21. The average Bonchev–Trinajstić information content (AvgIpc) is 2.95. The number of anilines is 1. The van der Waals surface area contributed by atoms with Crippen LogP contribution in [0.5, 0.6) is 5.75 Å². The maximum Gasteiger partial charge on any atom is 0.321 e. The number of hydrogen-bond donors (Lipinski definition) is 1. The fourth-order valence-corrected chi connectivity index (χ4v) is 2.48. The minimum Gasteiger partial charge on any atom is -0.492 e. The van der Waals surface area contributed by atoms with E-state index >= 15 is 0 Å². The molecule has 1 aliphatic rings. The molecule has 1 saturated heterocycles. The Hall–Kier alpha value is -1.46. The van der Waals surface area contributed by atoms with Gasteiger partial charge in [0.2, 0.25) is 0 Å². The zero-order valence-corrected chi connectivity index (χ0v) is 13.2. The van der Waals surface area contributed by atoms with Crippen LogP contribution < -0.4 is 10.1 Å². The second kappa shape index (κ2) is 7.52. The van der Waals surface area contributed by atoms with E-state index in [9.17, 15) is 4.79 Å². The highest BCUT2D eigenvalue weighted by molar-refractivity contribution is 6.32. The number of benzene rings is 1. The number of halogens is 1. The molecule has 1 atom stereocenters. The smallest absolute Gasteiger partial charge is 0.321 e. The van der Waals surface area contributed by atoms with Crippen molar-refractivity contribution in [3.05, 3.63) is 23.2 Å². The number of ether oxygens (including phenoxy) is 2. The van der Waals surface area contributed by atoms with Crippen LogP contribution in [0.25, 0.3) is 0 Å². The number of nitrogens with one attached hydrogen (secondary N) is 1. The molecule has 0 bridgehead atoms. The van der Waals surface area contributed by atoms with Crippen molar-refractivity contribution < 1.29 is 14.3 Å². The Morgan fingerprint density at radius 3 is 3.00 bits per heavy atom. The molecule has 0 saturated carbocycles. The summed E-state index contributed by atoms with van der Waals surface area (Å²) in [5.41, 5.74) is 0.646. The number of hydrogen-bond acceptors (Lipinski definition) is 3. The number of rotatable bonds is 5. The Balaban J connectivity index is 1.90. The first-order chi connectivity index (χ1) is 10.1. The van der Waals surface area contributed by atoms with Crippen LogP contribution in [0.3, 0.4) is 0 Å². The van der Waals surface area contributed by atoms with Gasteiger partial charge >= 0.3 is 6.03 Å². The van der Waals surface area contributed by atoms with Crippen LogP contribution in [0, 0.1) is 0 Å². The van der Waals surface area contributed by atoms with Gasteiger partial charge in [-0.05, 0) is 38.0 Å². The number of urea groups is 1. The third-order valence-electron chi connectivity index (χ3n) is 3.33. The van der Waals surface area contributed by atoms with Gasteiger partial charge in [0.05, 0.1) is 17.7 Å². The van der Waals surface area contributed by atoms with E-state index in [0.29, 0.717) is 29.6 Å². The van der Waals surface area contributed by atoms with Crippen LogP contribution in [0.2, 0.25) is 5.02 Å². The molecule has 0 spiro atoms. The van der Waals surface area contributed by atoms with Crippen molar-refractivity contribution in [3.63, 3.8) is 0 Å². The predicted octanol–water partition coefficient (Wildman–Crippen LogP) is 3.38. The Morgan fingerprint density at radius 2 is 2.38 bits per heavy atom. The maximum atomic E-state index is 12.1. The van der Waals surface area contributed by atoms with Gasteiger partial charge in [0.15, 0.2) is 0 Å². The van der Waals surface area contributed by atoms with Gasteiger partial charge in [0.1, 0.15) is 5.75 Å². The second-order valence-electron chi connectivity index (χ2n) is 5.02. The standard InChI is InChI=1S/C15H21ClN2O3/c1-3-20-14-7-6-11(9-13(14)16)17-15(19)18(2)10-12-5-4-8-21-12/h6-7,9,12H,3-5,8,10H2,1-2H3,(H,17,19)/t12-/m1/s1. The molecule has 1 aromatic rings. The molecule has 5 nitrogen and oxygen atoms in total. The molecule has 21 heavy (non-hydrogen) atoms. The highest BCUT2D eigenvalue weighted by Crippen LogP contribution is 2.27. The molecule has 1 aliphatic heterocycles. The van der Waals surface area contributed by atoms with Gasteiger partial charge in [0.25, 0.3) is 0 Å². The number of carbonyl (C=O) groups is 1. The topological polar surface area (TPSA) is 50.8 Å². The van der Waals surface area contributed by atoms with Crippen LogP contribution in [0.4, 0.5) is 10.5 Å². The molecule has 2 rings (SSSR count). The summed E-state index contributed by atoms with van der Waals surface area (Å²) in [6, 6.07) is 5.03. The molecule has 1 heterocycles. The first-order valence-corrected chi connectivity index (χ1v) is 7.54. The predicted molar refractivity (Wildman–Crippen MR) is 83.2 cm³/mol. The fourth-order valence-electron chi connectivity index (χ4n) is 2.25. The van der Waals surface area contributed by atoms with Crippen molar-refractivity contribution in [3.8, 4) is 5.75 Å². The fraction of sp³-hybridized carbons (Fsp3) is 0.533. The summed E-state index contributed by atoms with van der Waals surface area (Å²) in [4.78, 5) is 13.7. The van der Waals surface area contributed by atoms with Crippen LogP contribution in [0.15, 0.2) is 18.2 Å². The summed E-state index contributed by atoms with van der Waals surface area (Å²) in [6.07, 6.45) is 2.21. The summed E-state index contributed by atoms with van der Waals surface area (Å²) >= 11 is 6.10. The van der Waals surface area contributed by atoms with Gasteiger partial charge < -0.3 is 19.7 Å². The highest BCUT2D eigenvalue weighted by atomic mass is 35.5. The number of carbonyl (C=O) groups excluding carboxylic acids is 1. The molecule has 116 valence electrons. The molecule has 6 heteroatoms. The van der Waals surface area contributed by atoms with E-state index in [1.807, 2.05) is 6.92 Å². The minimum atomic E-state index is -0.175. The van der Waals surface area contributed by atoms with Gasteiger partial charge in [-0.3, -0.25) is 0 Å². The van der Waals surface area contributed by atoms with Crippen molar-refractivity contribution in [2.75, 3.05) is 32.1 Å². The SMILES string of the molecule is CCOc1ccc(NC(=O)N(C)C[C@H]2CCCO2)cc1Cl. The Kier molecular flexibility index (Phi) is 5.70. The Morgan fingerprint density at radius 1 is 1.57 bits per heavy atom. The van der Waals surface area contributed by atoms with E-state index in [-0.39, 0.29) is 12.1 Å². The highest BCUT2D eigenvalue weighted by Gasteiger charge is 2.20. The van der Waals surface area contributed by atoms with E-state index in [1.165, 1.54) is 0 Å². The molecular weight excluding hydrogens is 292 g/mol. The van der Waals surface area contributed by atoms with Crippen molar-refractivity contribution in [1.82, 2.24) is 4.90 Å². The molecule has 0 aromatic heterocycles. The summed E-state index contributed by atoms with van der Waals surface area (Å²) < 4.78 is 10.9.